The zero-order chi connectivity index (χ0) is 17.3. The van der Waals surface area contributed by atoms with E-state index in [4.69, 9.17) is 0 Å². The summed E-state index contributed by atoms with van der Waals surface area (Å²) in [6.45, 7) is 3.71. The molecule has 0 bridgehead atoms. The standard InChI is InChI=1S/C19H23FN2O2/c1-11-3-4-13-5-7-15(23)10-16(13)18(11)22-19(24)21-14-6-8-17(20)12(2)9-14/h3-4,6,8-9,11,15,18,23H,5,7,10H2,1-2H3,(H2,21,22,24). The summed E-state index contributed by atoms with van der Waals surface area (Å²) in [4.78, 5) is 12.4. The van der Waals surface area contributed by atoms with E-state index >= 15 is 0 Å². The topological polar surface area (TPSA) is 61.4 Å². The molecule has 0 radical (unpaired) electrons. The fraction of sp³-hybridized carbons (Fsp3) is 0.421. The highest BCUT2D eigenvalue weighted by atomic mass is 19.1. The number of benzene rings is 1. The summed E-state index contributed by atoms with van der Waals surface area (Å²) in [5, 5.41) is 15.7. The number of hydrogen-bond acceptors (Lipinski definition) is 2. The third kappa shape index (κ3) is 3.51. The highest BCUT2D eigenvalue weighted by Gasteiger charge is 2.31. The number of carbonyl (C=O) groups is 1. The van der Waals surface area contributed by atoms with Crippen LogP contribution in [0.1, 0.15) is 31.7 Å². The molecule has 128 valence electrons. The average Bonchev–Trinajstić information content (AvgIpc) is 2.54. The molecule has 0 aromatic heterocycles. The Kier molecular flexibility index (Phi) is 4.71. The fourth-order valence-electron chi connectivity index (χ4n) is 3.43. The molecule has 0 spiro atoms. The molecule has 2 aliphatic carbocycles. The van der Waals surface area contributed by atoms with E-state index in [0.29, 0.717) is 17.7 Å². The Morgan fingerprint density at radius 3 is 2.92 bits per heavy atom. The van der Waals surface area contributed by atoms with Gasteiger partial charge in [-0.2, -0.15) is 0 Å². The molecule has 0 aliphatic heterocycles. The number of rotatable bonds is 2. The number of hydrogen-bond donors (Lipinski definition) is 3. The molecule has 4 nitrogen and oxygen atoms in total. The van der Waals surface area contributed by atoms with Gasteiger partial charge >= 0.3 is 6.03 Å². The number of aryl methyl sites for hydroxylation is 1. The molecular weight excluding hydrogens is 307 g/mol. The Labute approximate surface area is 141 Å². The van der Waals surface area contributed by atoms with Crippen LogP contribution in [-0.4, -0.2) is 23.3 Å². The van der Waals surface area contributed by atoms with E-state index < -0.39 is 0 Å². The van der Waals surface area contributed by atoms with Crippen LogP contribution in [0.15, 0.2) is 41.5 Å². The van der Waals surface area contributed by atoms with E-state index in [2.05, 4.69) is 22.8 Å². The van der Waals surface area contributed by atoms with Crippen LogP contribution < -0.4 is 10.6 Å². The highest BCUT2D eigenvalue weighted by molar-refractivity contribution is 5.89. The predicted molar refractivity (Wildman–Crippen MR) is 92.3 cm³/mol. The van der Waals surface area contributed by atoms with E-state index in [9.17, 15) is 14.3 Å². The number of urea groups is 1. The third-order valence-electron chi connectivity index (χ3n) is 4.82. The first kappa shape index (κ1) is 16.7. The second-order valence-corrected chi connectivity index (χ2v) is 6.71. The fourth-order valence-corrected chi connectivity index (χ4v) is 3.43. The molecule has 0 fully saturated rings. The highest BCUT2D eigenvalue weighted by Crippen LogP contribution is 2.34. The van der Waals surface area contributed by atoms with Crippen LogP contribution in [0.3, 0.4) is 0 Å². The number of carbonyl (C=O) groups excluding carboxylic acids is 1. The lowest BCUT2D eigenvalue weighted by molar-refractivity contribution is 0.154. The van der Waals surface area contributed by atoms with Gasteiger partial charge in [-0.3, -0.25) is 0 Å². The van der Waals surface area contributed by atoms with Gasteiger partial charge in [0, 0.05) is 5.69 Å². The van der Waals surface area contributed by atoms with Crippen molar-refractivity contribution in [2.75, 3.05) is 5.32 Å². The van der Waals surface area contributed by atoms with Crippen molar-refractivity contribution < 1.29 is 14.3 Å². The first-order valence-corrected chi connectivity index (χ1v) is 8.36. The van der Waals surface area contributed by atoms with Crippen molar-refractivity contribution in [2.24, 2.45) is 5.92 Å². The minimum Gasteiger partial charge on any atom is -0.393 e. The largest absolute Gasteiger partial charge is 0.393 e. The number of amides is 2. The number of aliphatic hydroxyl groups is 1. The van der Waals surface area contributed by atoms with Gasteiger partial charge in [0.2, 0.25) is 0 Å². The van der Waals surface area contributed by atoms with Crippen molar-refractivity contribution in [2.45, 2.75) is 45.3 Å². The van der Waals surface area contributed by atoms with Crippen LogP contribution in [0.5, 0.6) is 0 Å². The van der Waals surface area contributed by atoms with Gasteiger partial charge in [-0.25, -0.2) is 9.18 Å². The summed E-state index contributed by atoms with van der Waals surface area (Å²) in [7, 11) is 0. The van der Waals surface area contributed by atoms with E-state index in [1.54, 1.807) is 19.1 Å². The quantitative estimate of drug-likeness (QED) is 0.775. The van der Waals surface area contributed by atoms with Gasteiger partial charge < -0.3 is 15.7 Å². The van der Waals surface area contributed by atoms with Crippen molar-refractivity contribution in [1.82, 2.24) is 5.32 Å². The maximum Gasteiger partial charge on any atom is 0.319 e. The van der Waals surface area contributed by atoms with Crippen LogP contribution in [0.4, 0.5) is 14.9 Å². The molecule has 3 N–H and O–H groups in total. The first-order valence-electron chi connectivity index (χ1n) is 8.36. The summed E-state index contributed by atoms with van der Waals surface area (Å²) in [5.41, 5.74) is 3.39. The summed E-state index contributed by atoms with van der Waals surface area (Å²) in [6, 6.07) is 4.05. The van der Waals surface area contributed by atoms with Gasteiger partial charge in [0.05, 0.1) is 12.1 Å². The molecule has 5 heteroatoms. The average molecular weight is 330 g/mol. The zero-order valence-corrected chi connectivity index (χ0v) is 14.0. The van der Waals surface area contributed by atoms with Gasteiger partial charge in [-0.1, -0.05) is 19.1 Å². The van der Waals surface area contributed by atoms with Gasteiger partial charge in [-0.15, -0.1) is 0 Å². The minimum absolute atomic E-state index is 0.124. The Morgan fingerprint density at radius 2 is 2.17 bits per heavy atom. The Hall–Kier alpha value is -2.14. The molecule has 0 saturated heterocycles. The maximum atomic E-state index is 13.3. The zero-order valence-electron chi connectivity index (χ0n) is 14.0. The Bertz CT molecular complexity index is 711. The van der Waals surface area contributed by atoms with Crippen molar-refractivity contribution >= 4 is 11.7 Å². The molecule has 1 aromatic rings. The molecule has 3 atom stereocenters. The number of allylic oxidation sites excluding steroid dienone is 2. The summed E-state index contributed by atoms with van der Waals surface area (Å²) >= 11 is 0. The molecular formula is C19H23FN2O2. The summed E-state index contributed by atoms with van der Waals surface area (Å²) in [5.74, 6) is -0.132. The van der Waals surface area contributed by atoms with Gasteiger partial charge in [0.1, 0.15) is 5.82 Å². The summed E-state index contributed by atoms with van der Waals surface area (Å²) in [6.07, 6.45) is 6.09. The van der Waals surface area contributed by atoms with Gasteiger partial charge in [0.25, 0.3) is 0 Å². The van der Waals surface area contributed by atoms with Crippen LogP contribution >= 0.6 is 0 Å². The van der Waals surface area contributed by atoms with Crippen LogP contribution in [0.25, 0.3) is 0 Å². The molecule has 0 saturated carbocycles. The number of halogens is 1. The van der Waals surface area contributed by atoms with E-state index in [0.717, 1.165) is 18.4 Å². The van der Waals surface area contributed by atoms with Gasteiger partial charge in [-0.05, 0) is 67.0 Å². The predicted octanol–water partition coefficient (Wildman–Crippen LogP) is 3.67. The molecule has 2 amide bonds. The lowest BCUT2D eigenvalue weighted by atomic mass is 9.78. The SMILES string of the molecule is Cc1cc(NC(=O)NC2C3=C(C=CC2C)CCC(O)C3)ccc1F. The monoisotopic (exact) mass is 330 g/mol. The second-order valence-electron chi connectivity index (χ2n) is 6.71. The van der Waals surface area contributed by atoms with Crippen LogP contribution in [0.2, 0.25) is 0 Å². The molecule has 2 aliphatic rings. The summed E-state index contributed by atoms with van der Waals surface area (Å²) < 4.78 is 13.3. The van der Waals surface area contributed by atoms with Crippen molar-refractivity contribution in [3.63, 3.8) is 0 Å². The molecule has 24 heavy (non-hydrogen) atoms. The van der Waals surface area contributed by atoms with Crippen molar-refractivity contribution in [1.29, 1.82) is 0 Å². The maximum absolute atomic E-state index is 13.3. The number of aliphatic hydroxyl groups excluding tert-OH is 1. The minimum atomic E-state index is -0.338. The molecule has 1 aromatic carbocycles. The number of nitrogens with one attached hydrogen (secondary N) is 2. The number of anilines is 1. The van der Waals surface area contributed by atoms with Crippen molar-refractivity contribution in [3.05, 3.63) is 52.9 Å². The normalized spacial score (nSPS) is 26.1. The molecule has 3 unspecified atom stereocenters. The molecule has 3 rings (SSSR count). The lowest BCUT2D eigenvalue weighted by Crippen LogP contribution is -2.45. The van der Waals surface area contributed by atoms with Crippen LogP contribution in [0, 0.1) is 18.7 Å². The van der Waals surface area contributed by atoms with E-state index in [1.165, 1.54) is 11.6 Å². The van der Waals surface area contributed by atoms with Crippen LogP contribution in [-0.2, 0) is 0 Å². The third-order valence-corrected chi connectivity index (χ3v) is 4.82. The second kappa shape index (κ2) is 6.77. The Morgan fingerprint density at radius 1 is 1.38 bits per heavy atom. The van der Waals surface area contributed by atoms with Gasteiger partial charge in [0.15, 0.2) is 0 Å². The smallest absolute Gasteiger partial charge is 0.319 e. The first-order chi connectivity index (χ1) is 11.4. The lowest BCUT2D eigenvalue weighted by Gasteiger charge is -2.35. The van der Waals surface area contributed by atoms with Crippen molar-refractivity contribution in [3.8, 4) is 0 Å². The van der Waals surface area contributed by atoms with E-state index in [-0.39, 0.29) is 29.9 Å². The Balaban J connectivity index is 1.71. The van der Waals surface area contributed by atoms with E-state index in [1.807, 2.05) is 6.92 Å². The molecule has 0 heterocycles.